The van der Waals surface area contributed by atoms with Crippen molar-refractivity contribution in [3.63, 3.8) is 0 Å². The van der Waals surface area contributed by atoms with E-state index in [0.717, 1.165) is 0 Å². The molecule has 0 aliphatic heterocycles. The zero-order chi connectivity index (χ0) is 17.8. The molecule has 0 radical (unpaired) electrons. The van der Waals surface area contributed by atoms with E-state index in [1.807, 2.05) is 12.1 Å². The number of hydrogen-bond acceptors (Lipinski definition) is 5. The molecule has 3 rings (SSSR count). The van der Waals surface area contributed by atoms with Crippen molar-refractivity contribution in [1.82, 2.24) is 9.55 Å². The van der Waals surface area contributed by atoms with Crippen LogP contribution in [0.4, 0.5) is 0 Å². The molecule has 0 aliphatic carbocycles. The maximum Gasteiger partial charge on any atom is 0.306 e. The van der Waals surface area contributed by atoms with Crippen molar-refractivity contribution in [2.24, 2.45) is 0 Å². The molecule has 1 heterocycles. The van der Waals surface area contributed by atoms with Gasteiger partial charge in [-0.05, 0) is 24.3 Å². The van der Waals surface area contributed by atoms with Crippen LogP contribution in [0.15, 0.2) is 58.5 Å². The smallest absolute Gasteiger partial charge is 0.306 e. The van der Waals surface area contributed by atoms with Gasteiger partial charge in [0, 0.05) is 5.75 Å². The Morgan fingerprint density at radius 2 is 1.92 bits per heavy atom. The minimum absolute atomic E-state index is 0.195. The third-order valence-electron chi connectivity index (χ3n) is 3.60. The number of para-hydroxylation sites is 2. The number of ether oxygens (including phenoxy) is 1. The molecule has 5 nitrogen and oxygen atoms in total. The summed E-state index contributed by atoms with van der Waals surface area (Å²) >= 11 is 7.61. The standard InChI is InChI=1S/C18H15ClN2O3S/c1-24-16(22)10-11-25-18-20-14-8-4-2-6-12(14)17(23)21(18)15-9-5-3-7-13(15)19/h2-9H,10-11H2,1H3. The second-order valence-electron chi connectivity index (χ2n) is 5.18. The normalized spacial score (nSPS) is 10.8. The van der Waals surface area contributed by atoms with Gasteiger partial charge in [0.1, 0.15) is 0 Å². The summed E-state index contributed by atoms with van der Waals surface area (Å²) in [5, 5.41) is 1.46. The highest BCUT2D eigenvalue weighted by Crippen LogP contribution is 2.25. The number of fused-ring (bicyclic) bond motifs is 1. The van der Waals surface area contributed by atoms with Crippen LogP contribution in [0.25, 0.3) is 16.6 Å². The van der Waals surface area contributed by atoms with E-state index in [4.69, 9.17) is 11.6 Å². The third-order valence-corrected chi connectivity index (χ3v) is 4.86. The van der Waals surface area contributed by atoms with Crippen molar-refractivity contribution >= 4 is 40.2 Å². The number of rotatable bonds is 5. The summed E-state index contributed by atoms with van der Waals surface area (Å²) in [6.07, 6.45) is 0.229. The number of nitrogens with zero attached hydrogens (tertiary/aromatic N) is 2. The molecule has 2 aromatic carbocycles. The van der Waals surface area contributed by atoms with Crippen LogP contribution in [-0.4, -0.2) is 28.4 Å². The number of carbonyl (C=O) groups excluding carboxylic acids is 1. The van der Waals surface area contributed by atoms with Crippen molar-refractivity contribution in [2.45, 2.75) is 11.6 Å². The summed E-state index contributed by atoms with van der Waals surface area (Å²) in [6.45, 7) is 0. The number of halogens is 1. The fourth-order valence-electron chi connectivity index (χ4n) is 2.38. The number of esters is 1. The SMILES string of the molecule is COC(=O)CCSc1nc2ccccc2c(=O)n1-c1ccccc1Cl. The molecule has 0 bridgehead atoms. The van der Waals surface area contributed by atoms with E-state index in [1.165, 1.54) is 23.4 Å². The number of methoxy groups -OCH3 is 1. The van der Waals surface area contributed by atoms with Crippen molar-refractivity contribution in [3.8, 4) is 5.69 Å². The van der Waals surface area contributed by atoms with Crippen molar-refractivity contribution in [1.29, 1.82) is 0 Å². The zero-order valence-corrected chi connectivity index (χ0v) is 15.0. The van der Waals surface area contributed by atoms with Gasteiger partial charge in [-0.15, -0.1) is 0 Å². The van der Waals surface area contributed by atoms with E-state index < -0.39 is 0 Å². The maximum atomic E-state index is 13.0. The minimum atomic E-state index is -0.306. The molecular weight excluding hydrogens is 360 g/mol. The Morgan fingerprint density at radius 3 is 2.68 bits per heavy atom. The average Bonchev–Trinajstić information content (AvgIpc) is 2.63. The predicted molar refractivity (Wildman–Crippen MR) is 99.7 cm³/mol. The van der Waals surface area contributed by atoms with Crippen molar-refractivity contribution < 1.29 is 9.53 Å². The fraction of sp³-hybridized carbons (Fsp3) is 0.167. The highest BCUT2D eigenvalue weighted by atomic mass is 35.5. The lowest BCUT2D eigenvalue weighted by Crippen LogP contribution is -2.22. The van der Waals surface area contributed by atoms with Crippen molar-refractivity contribution in [3.05, 3.63) is 63.9 Å². The average molecular weight is 375 g/mol. The molecule has 25 heavy (non-hydrogen) atoms. The molecule has 7 heteroatoms. The summed E-state index contributed by atoms with van der Waals surface area (Å²) in [4.78, 5) is 29.0. The largest absolute Gasteiger partial charge is 0.469 e. The molecule has 0 aliphatic rings. The molecule has 1 aromatic heterocycles. The number of thioether (sulfide) groups is 1. The molecule has 0 atom stereocenters. The van der Waals surface area contributed by atoms with E-state index in [0.29, 0.717) is 32.5 Å². The predicted octanol–water partition coefficient (Wildman–Crippen LogP) is 3.69. The molecule has 0 unspecified atom stereocenters. The first-order chi connectivity index (χ1) is 12.1. The minimum Gasteiger partial charge on any atom is -0.469 e. The second kappa shape index (κ2) is 7.72. The Bertz CT molecular complexity index is 987. The van der Waals surface area contributed by atoms with Gasteiger partial charge in [0.25, 0.3) is 5.56 Å². The second-order valence-corrected chi connectivity index (χ2v) is 6.65. The van der Waals surface area contributed by atoms with Gasteiger partial charge < -0.3 is 4.74 Å². The van der Waals surface area contributed by atoms with Gasteiger partial charge in [0.15, 0.2) is 5.16 Å². The monoisotopic (exact) mass is 374 g/mol. The molecule has 3 aromatic rings. The van der Waals surface area contributed by atoms with Crippen LogP contribution >= 0.6 is 23.4 Å². The molecular formula is C18H15ClN2O3S. The van der Waals surface area contributed by atoms with Crippen LogP contribution in [0.2, 0.25) is 5.02 Å². The molecule has 0 saturated heterocycles. The number of benzene rings is 2. The molecule has 0 N–H and O–H groups in total. The van der Waals surface area contributed by atoms with Gasteiger partial charge in [-0.25, -0.2) is 4.98 Å². The molecule has 0 fully saturated rings. The summed E-state index contributed by atoms with van der Waals surface area (Å²) in [7, 11) is 1.35. The Labute approximate surface area is 153 Å². The topological polar surface area (TPSA) is 61.2 Å². The summed E-state index contributed by atoms with van der Waals surface area (Å²) in [5.41, 5.74) is 0.976. The van der Waals surface area contributed by atoms with Gasteiger partial charge in [-0.3, -0.25) is 14.2 Å². The molecule has 0 spiro atoms. The Kier molecular flexibility index (Phi) is 5.40. The van der Waals surface area contributed by atoms with E-state index in [1.54, 1.807) is 36.4 Å². The lowest BCUT2D eigenvalue weighted by Gasteiger charge is -2.14. The molecule has 0 saturated carbocycles. The highest BCUT2D eigenvalue weighted by molar-refractivity contribution is 7.99. The fourth-order valence-corrected chi connectivity index (χ4v) is 3.53. The van der Waals surface area contributed by atoms with Crippen LogP contribution in [0.3, 0.4) is 0 Å². The molecule has 0 amide bonds. The highest BCUT2D eigenvalue weighted by Gasteiger charge is 2.15. The Balaban J connectivity index is 2.13. The van der Waals surface area contributed by atoms with Crippen LogP contribution in [0, 0.1) is 0 Å². The van der Waals surface area contributed by atoms with E-state index in [9.17, 15) is 9.59 Å². The summed E-state index contributed by atoms with van der Waals surface area (Å²) in [6, 6.07) is 14.3. The van der Waals surface area contributed by atoms with Gasteiger partial charge >= 0.3 is 5.97 Å². The first kappa shape index (κ1) is 17.5. The lowest BCUT2D eigenvalue weighted by atomic mass is 10.2. The summed E-state index contributed by atoms with van der Waals surface area (Å²) in [5.74, 6) is 0.141. The number of carbonyl (C=O) groups is 1. The first-order valence-electron chi connectivity index (χ1n) is 7.58. The van der Waals surface area contributed by atoms with Gasteiger partial charge in [0.2, 0.25) is 0 Å². The Hall–Kier alpha value is -2.31. The van der Waals surface area contributed by atoms with E-state index >= 15 is 0 Å². The van der Waals surface area contributed by atoms with Crippen LogP contribution < -0.4 is 5.56 Å². The number of aromatic nitrogens is 2. The molecule has 128 valence electrons. The van der Waals surface area contributed by atoms with Gasteiger partial charge in [0.05, 0.1) is 35.1 Å². The Morgan fingerprint density at radius 1 is 1.20 bits per heavy atom. The van der Waals surface area contributed by atoms with Gasteiger partial charge in [-0.1, -0.05) is 47.6 Å². The third kappa shape index (κ3) is 3.70. The lowest BCUT2D eigenvalue weighted by molar-refractivity contribution is -0.140. The van der Waals surface area contributed by atoms with Crippen LogP contribution in [0.5, 0.6) is 0 Å². The van der Waals surface area contributed by atoms with Gasteiger partial charge in [-0.2, -0.15) is 0 Å². The number of hydrogen-bond donors (Lipinski definition) is 0. The maximum absolute atomic E-state index is 13.0. The zero-order valence-electron chi connectivity index (χ0n) is 13.4. The quantitative estimate of drug-likeness (QED) is 0.387. The van der Waals surface area contributed by atoms with Crippen LogP contribution in [-0.2, 0) is 9.53 Å². The van der Waals surface area contributed by atoms with E-state index in [-0.39, 0.29) is 17.9 Å². The van der Waals surface area contributed by atoms with Crippen LogP contribution in [0.1, 0.15) is 6.42 Å². The van der Waals surface area contributed by atoms with E-state index in [2.05, 4.69) is 9.72 Å². The summed E-state index contributed by atoms with van der Waals surface area (Å²) < 4.78 is 6.15. The first-order valence-corrected chi connectivity index (χ1v) is 8.94. The van der Waals surface area contributed by atoms with Crippen molar-refractivity contribution in [2.75, 3.05) is 12.9 Å².